The van der Waals surface area contributed by atoms with Gasteiger partial charge in [0.25, 0.3) is 0 Å². The Labute approximate surface area is 112 Å². The van der Waals surface area contributed by atoms with Crippen molar-refractivity contribution in [3.05, 3.63) is 29.8 Å². The van der Waals surface area contributed by atoms with Gasteiger partial charge < -0.3 is 0 Å². The van der Waals surface area contributed by atoms with Crippen LogP contribution in [0.3, 0.4) is 0 Å². The van der Waals surface area contributed by atoms with Crippen LogP contribution in [0.1, 0.15) is 32.1 Å². The number of hydrogen-bond donors (Lipinski definition) is 1. The molecule has 1 aliphatic carbocycles. The summed E-state index contributed by atoms with van der Waals surface area (Å²) < 4.78 is 52.5. The Morgan fingerprint density at radius 2 is 1.84 bits per heavy atom. The Morgan fingerprint density at radius 1 is 1.16 bits per heavy atom. The lowest BCUT2D eigenvalue weighted by atomic mass is 9.90. The Balaban J connectivity index is 2.05. The standard InChI is InChI=1S/C13H17F2NO2S/c14-11-6-7-13(12(15)8-11)19(17,18)16-9-10-4-2-1-3-5-10/h6-8,10,16H,1-5,9H2. The molecule has 0 heterocycles. The molecule has 1 aromatic carbocycles. The summed E-state index contributed by atoms with van der Waals surface area (Å²) in [5.74, 6) is -1.54. The third-order valence-corrected chi connectivity index (χ3v) is 4.93. The zero-order valence-corrected chi connectivity index (χ0v) is 11.3. The Bertz CT molecular complexity index is 540. The second-order valence-electron chi connectivity index (χ2n) is 4.93. The summed E-state index contributed by atoms with van der Waals surface area (Å²) in [6.45, 7) is 0.319. The van der Waals surface area contributed by atoms with Gasteiger partial charge in [-0.05, 0) is 30.9 Å². The van der Waals surface area contributed by atoms with Crippen molar-refractivity contribution in [3.63, 3.8) is 0 Å². The fraction of sp³-hybridized carbons (Fsp3) is 0.538. The summed E-state index contributed by atoms with van der Waals surface area (Å²) in [7, 11) is -3.90. The molecule has 0 bridgehead atoms. The third kappa shape index (κ3) is 3.73. The number of hydrogen-bond acceptors (Lipinski definition) is 2. The van der Waals surface area contributed by atoms with E-state index in [1.54, 1.807) is 0 Å². The van der Waals surface area contributed by atoms with E-state index in [0.717, 1.165) is 37.8 Å². The van der Waals surface area contributed by atoms with Gasteiger partial charge in [0.2, 0.25) is 10.0 Å². The van der Waals surface area contributed by atoms with Gasteiger partial charge >= 0.3 is 0 Å². The van der Waals surface area contributed by atoms with Crippen molar-refractivity contribution in [2.75, 3.05) is 6.54 Å². The lowest BCUT2D eigenvalue weighted by molar-refractivity contribution is 0.357. The van der Waals surface area contributed by atoms with Crippen LogP contribution in [0, 0.1) is 17.6 Å². The summed E-state index contributed by atoms with van der Waals surface area (Å²) in [4.78, 5) is -0.496. The molecule has 0 atom stereocenters. The molecule has 1 fully saturated rings. The zero-order valence-electron chi connectivity index (χ0n) is 10.5. The van der Waals surface area contributed by atoms with E-state index >= 15 is 0 Å². The average Bonchev–Trinajstić information content (AvgIpc) is 2.37. The van der Waals surface area contributed by atoms with Crippen LogP contribution in [0.15, 0.2) is 23.1 Å². The largest absolute Gasteiger partial charge is 0.243 e. The van der Waals surface area contributed by atoms with Gasteiger partial charge in [-0.2, -0.15) is 0 Å². The number of benzene rings is 1. The molecular formula is C13H17F2NO2S. The lowest BCUT2D eigenvalue weighted by Crippen LogP contribution is -2.30. The molecule has 0 unspecified atom stereocenters. The van der Waals surface area contributed by atoms with E-state index in [1.807, 2.05) is 0 Å². The van der Waals surface area contributed by atoms with E-state index in [0.29, 0.717) is 18.5 Å². The molecule has 1 N–H and O–H groups in total. The first kappa shape index (κ1) is 14.4. The van der Waals surface area contributed by atoms with Crippen LogP contribution in [0.25, 0.3) is 0 Å². The van der Waals surface area contributed by atoms with Gasteiger partial charge in [-0.15, -0.1) is 0 Å². The molecule has 0 aliphatic heterocycles. The van der Waals surface area contributed by atoms with Gasteiger partial charge in [0.1, 0.15) is 16.5 Å². The first-order valence-electron chi connectivity index (χ1n) is 6.44. The van der Waals surface area contributed by atoms with Gasteiger partial charge in [-0.1, -0.05) is 19.3 Å². The van der Waals surface area contributed by atoms with Crippen molar-refractivity contribution in [2.45, 2.75) is 37.0 Å². The first-order chi connectivity index (χ1) is 8.99. The highest BCUT2D eigenvalue weighted by Crippen LogP contribution is 2.23. The highest BCUT2D eigenvalue weighted by Gasteiger charge is 2.21. The van der Waals surface area contributed by atoms with E-state index in [1.165, 1.54) is 6.42 Å². The SMILES string of the molecule is O=S(=O)(NCC1CCCCC1)c1ccc(F)cc1F. The summed E-state index contributed by atoms with van der Waals surface area (Å²) >= 11 is 0. The predicted molar refractivity (Wildman–Crippen MR) is 68.1 cm³/mol. The predicted octanol–water partition coefficient (Wildman–Crippen LogP) is 2.82. The minimum atomic E-state index is -3.90. The quantitative estimate of drug-likeness (QED) is 0.926. The fourth-order valence-corrected chi connectivity index (χ4v) is 3.56. The van der Waals surface area contributed by atoms with Crippen LogP contribution >= 0.6 is 0 Å². The van der Waals surface area contributed by atoms with E-state index in [2.05, 4.69) is 4.72 Å². The maximum atomic E-state index is 13.5. The number of halogens is 2. The maximum absolute atomic E-state index is 13.5. The number of nitrogens with one attached hydrogen (secondary N) is 1. The normalized spacial score (nSPS) is 17.6. The topological polar surface area (TPSA) is 46.2 Å². The van der Waals surface area contributed by atoms with Crippen LogP contribution in [0.4, 0.5) is 8.78 Å². The third-order valence-electron chi connectivity index (χ3n) is 3.47. The van der Waals surface area contributed by atoms with Gasteiger partial charge in [0.15, 0.2) is 0 Å². The molecule has 0 spiro atoms. The van der Waals surface area contributed by atoms with Gasteiger partial charge in [0, 0.05) is 12.6 Å². The van der Waals surface area contributed by atoms with Crippen molar-refractivity contribution in [1.82, 2.24) is 4.72 Å². The molecule has 1 saturated carbocycles. The van der Waals surface area contributed by atoms with Crippen molar-refractivity contribution >= 4 is 10.0 Å². The molecule has 106 valence electrons. The van der Waals surface area contributed by atoms with Crippen LogP contribution in [0.5, 0.6) is 0 Å². The summed E-state index contributed by atoms with van der Waals surface area (Å²) in [5, 5.41) is 0. The van der Waals surface area contributed by atoms with Crippen molar-refractivity contribution < 1.29 is 17.2 Å². The van der Waals surface area contributed by atoms with E-state index in [-0.39, 0.29) is 0 Å². The highest BCUT2D eigenvalue weighted by molar-refractivity contribution is 7.89. The molecule has 0 aromatic heterocycles. The lowest BCUT2D eigenvalue weighted by Gasteiger charge is -2.21. The number of sulfonamides is 1. The first-order valence-corrected chi connectivity index (χ1v) is 7.92. The fourth-order valence-electron chi connectivity index (χ4n) is 2.39. The molecule has 0 saturated heterocycles. The van der Waals surface area contributed by atoms with Crippen LogP contribution in [-0.4, -0.2) is 15.0 Å². The van der Waals surface area contributed by atoms with E-state index < -0.39 is 26.6 Å². The van der Waals surface area contributed by atoms with Crippen LogP contribution in [-0.2, 0) is 10.0 Å². The van der Waals surface area contributed by atoms with Gasteiger partial charge in [-0.3, -0.25) is 0 Å². The minimum absolute atomic E-state index is 0.312. The molecule has 0 radical (unpaired) electrons. The Hall–Kier alpha value is -1.01. The van der Waals surface area contributed by atoms with E-state index in [9.17, 15) is 17.2 Å². The molecule has 1 aromatic rings. The molecule has 0 amide bonds. The maximum Gasteiger partial charge on any atom is 0.243 e. The van der Waals surface area contributed by atoms with Crippen molar-refractivity contribution in [1.29, 1.82) is 0 Å². The molecule has 19 heavy (non-hydrogen) atoms. The minimum Gasteiger partial charge on any atom is -0.211 e. The highest BCUT2D eigenvalue weighted by atomic mass is 32.2. The van der Waals surface area contributed by atoms with Gasteiger partial charge in [0.05, 0.1) is 0 Å². The van der Waals surface area contributed by atoms with Crippen LogP contribution < -0.4 is 4.72 Å². The second kappa shape index (κ2) is 5.96. The second-order valence-corrected chi connectivity index (χ2v) is 6.67. The van der Waals surface area contributed by atoms with Gasteiger partial charge in [-0.25, -0.2) is 21.9 Å². The van der Waals surface area contributed by atoms with Crippen molar-refractivity contribution in [3.8, 4) is 0 Å². The summed E-state index contributed by atoms with van der Waals surface area (Å²) in [6, 6.07) is 2.47. The molecular weight excluding hydrogens is 272 g/mol. The summed E-state index contributed by atoms with van der Waals surface area (Å²) in [6.07, 6.45) is 5.40. The van der Waals surface area contributed by atoms with Crippen molar-refractivity contribution in [2.24, 2.45) is 5.92 Å². The van der Waals surface area contributed by atoms with Crippen LogP contribution in [0.2, 0.25) is 0 Å². The summed E-state index contributed by atoms with van der Waals surface area (Å²) in [5.41, 5.74) is 0. The average molecular weight is 289 g/mol. The Morgan fingerprint density at radius 3 is 2.47 bits per heavy atom. The van der Waals surface area contributed by atoms with E-state index in [4.69, 9.17) is 0 Å². The molecule has 3 nitrogen and oxygen atoms in total. The monoisotopic (exact) mass is 289 g/mol. The Kier molecular flexibility index (Phi) is 4.52. The molecule has 6 heteroatoms. The molecule has 1 aliphatic rings. The smallest absolute Gasteiger partial charge is 0.211 e. The zero-order chi connectivity index (χ0) is 13.9. The molecule has 2 rings (SSSR count). The number of rotatable bonds is 4.